The number of hydrogen-bond acceptors (Lipinski definition) is 6. The Morgan fingerprint density at radius 3 is 1.23 bits per heavy atom. The third kappa shape index (κ3) is 16.5. The van der Waals surface area contributed by atoms with Crippen LogP contribution >= 0.6 is 0 Å². The van der Waals surface area contributed by atoms with E-state index in [9.17, 15) is 0 Å². The van der Waals surface area contributed by atoms with Crippen molar-refractivity contribution in [3.05, 3.63) is 0 Å². The van der Waals surface area contributed by atoms with Gasteiger partial charge in [0, 0.05) is 0 Å². The van der Waals surface area contributed by atoms with Gasteiger partial charge in [-0.15, -0.1) is 0 Å². The van der Waals surface area contributed by atoms with Crippen molar-refractivity contribution in [1.29, 1.82) is 0 Å². The molecule has 1 rings (SSSR count). The summed E-state index contributed by atoms with van der Waals surface area (Å²) in [5.41, 5.74) is -1.54. The van der Waals surface area contributed by atoms with Crippen LogP contribution < -0.4 is 0 Å². The van der Waals surface area contributed by atoms with Crippen LogP contribution in [0, 0.1) is 5.92 Å². The average Bonchev–Trinajstić information content (AvgIpc) is 3.09. The predicted molar refractivity (Wildman–Crippen MR) is 121 cm³/mol. The third-order valence-corrected chi connectivity index (χ3v) is 3.63. The molecule has 0 aromatic carbocycles. The second-order valence-electron chi connectivity index (χ2n) is 13.1. The Kier molecular flexibility index (Phi) is 10.1. The highest BCUT2D eigenvalue weighted by Crippen LogP contribution is 2.51. The number of hydrogen-bond donors (Lipinski definition) is 0. The Morgan fingerprint density at radius 2 is 0.900 bits per heavy atom. The molecule has 1 aliphatic carbocycles. The summed E-state index contributed by atoms with van der Waals surface area (Å²) in [6, 6.07) is 0. The maximum Gasteiger partial charge on any atom is 0.104 e. The van der Waals surface area contributed by atoms with Crippen LogP contribution in [0.3, 0.4) is 0 Å². The summed E-state index contributed by atoms with van der Waals surface area (Å²) >= 11 is 0. The minimum Gasteiger partial charge on any atom is -0.230 e. The largest absolute Gasteiger partial charge is 0.230 e. The molecule has 0 aromatic rings. The van der Waals surface area contributed by atoms with Gasteiger partial charge in [-0.2, -0.15) is 0 Å². The lowest BCUT2D eigenvalue weighted by atomic mass is 10.0. The topological polar surface area (TPSA) is 55.4 Å². The lowest BCUT2D eigenvalue weighted by Gasteiger charge is -2.29. The van der Waals surface area contributed by atoms with Crippen LogP contribution in [0.5, 0.6) is 0 Å². The zero-order valence-electron chi connectivity index (χ0n) is 22.4. The monoisotopic (exact) mass is 434 g/mol. The first-order valence-corrected chi connectivity index (χ1v) is 11.0. The van der Waals surface area contributed by atoms with Crippen molar-refractivity contribution in [3.63, 3.8) is 0 Å². The first kappa shape index (κ1) is 29.8. The van der Waals surface area contributed by atoms with Gasteiger partial charge in [0.15, 0.2) is 0 Å². The lowest BCUT2D eigenvalue weighted by Crippen LogP contribution is -2.32. The summed E-state index contributed by atoms with van der Waals surface area (Å²) in [5, 5.41) is 0. The van der Waals surface area contributed by atoms with E-state index in [2.05, 4.69) is 6.92 Å². The van der Waals surface area contributed by atoms with E-state index in [1.165, 1.54) is 0 Å². The van der Waals surface area contributed by atoms with Gasteiger partial charge in [-0.1, -0.05) is 0 Å². The van der Waals surface area contributed by atoms with Crippen molar-refractivity contribution < 1.29 is 29.3 Å². The van der Waals surface area contributed by atoms with Crippen LogP contribution in [0.2, 0.25) is 0 Å². The molecule has 1 fully saturated rings. The van der Waals surface area contributed by atoms with Crippen LogP contribution in [-0.4, -0.2) is 33.6 Å². The zero-order chi connectivity index (χ0) is 24.2. The van der Waals surface area contributed by atoms with E-state index in [-0.39, 0.29) is 33.6 Å². The van der Waals surface area contributed by atoms with Crippen molar-refractivity contribution >= 4 is 0 Å². The van der Waals surface area contributed by atoms with Crippen molar-refractivity contribution in [2.45, 2.75) is 150 Å². The summed E-state index contributed by atoms with van der Waals surface area (Å²) in [6.07, 6.45) is 1.87. The van der Waals surface area contributed by atoms with Gasteiger partial charge < -0.3 is 0 Å². The van der Waals surface area contributed by atoms with E-state index >= 15 is 0 Å². The van der Waals surface area contributed by atoms with Gasteiger partial charge in [0.05, 0.1) is 28.0 Å². The van der Waals surface area contributed by atoms with E-state index in [0.29, 0.717) is 5.92 Å². The molecule has 30 heavy (non-hydrogen) atoms. The van der Waals surface area contributed by atoms with Gasteiger partial charge >= 0.3 is 0 Å². The molecule has 6 heteroatoms. The minimum absolute atomic E-state index is 0.199. The molecular weight excluding hydrogens is 384 g/mol. The van der Waals surface area contributed by atoms with Gasteiger partial charge in [-0.05, 0) is 123 Å². The van der Waals surface area contributed by atoms with Crippen LogP contribution in [0.4, 0.5) is 0 Å². The van der Waals surface area contributed by atoms with E-state index in [1.54, 1.807) is 0 Å². The molecule has 2 unspecified atom stereocenters. The Balaban J connectivity index is 0.000000710. The smallest absolute Gasteiger partial charge is 0.104 e. The molecular formula is C24H50O6. The van der Waals surface area contributed by atoms with E-state index < -0.39 is 0 Å². The Morgan fingerprint density at radius 1 is 0.567 bits per heavy atom. The molecule has 0 aliphatic heterocycles. The summed E-state index contributed by atoms with van der Waals surface area (Å²) in [7, 11) is 0. The summed E-state index contributed by atoms with van der Waals surface area (Å²) < 4.78 is 0. The highest BCUT2D eigenvalue weighted by molar-refractivity contribution is 5.03. The molecule has 2 atom stereocenters. The fourth-order valence-corrected chi connectivity index (χ4v) is 2.16. The average molecular weight is 435 g/mol. The van der Waals surface area contributed by atoms with Gasteiger partial charge in [-0.3, -0.25) is 0 Å². The van der Waals surface area contributed by atoms with Gasteiger partial charge in [0.1, 0.15) is 5.60 Å². The normalized spacial score (nSPS) is 23.1. The van der Waals surface area contributed by atoms with Crippen LogP contribution in [0.25, 0.3) is 0 Å². The zero-order valence-corrected chi connectivity index (χ0v) is 22.4. The predicted octanol–water partition coefficient (Wildman–Crippen LogP) is 6.96. The molecule has 0 saturated heterocycles. The van der Waals surface area contributed by atoms with Crippen LogP contribution in [-0.2, 0) is 29.3 Å². The minimum atomic E-state index is -0.333. The quantitative estimate of drug-likeness (QED) is 0.319. The first-order chi connectivity index (χ1) is 12.9. The standard InChI is InChI=1S/C16H32O4.C8H18O2/c1-13(2,3)17-19-15(7,8)10-12-11-16(12,9)20-18-14(4,5)6;1-7(2,3)9-10-8(4,5)6/h12H,10-11H2,1-9H3;1-6H3. The van der Waals surface area contributed by atoms with E-state index in [4.69, 9.17) is 29.3 Å². The molecule has 1 saturated carbocycles. The second-order valence-corrected chi connectivity index (χ2v) is 13.1. The summed E-state index contributed by atoms with van der Waals surface area (Å²) in [6.45, 7) is 29.8. The van der Waals surface area contributed by atoms with Gasteiger partial charge in [-0.25, -0.2) is 29.3 Å². The third-order valence-electron chi connectivity index (χ3n) is 3.63. The maximum absolute atomic E-state index is 5.61. The Bertz CT molecular complexity index is 488. The fraction of sp³-hybridized carbons (Fsp3) is 1.00. The molecule has 0 bridgehead atoms. The SMILES string of the molecule is CC(C)(C)OOC(C)(C)C.CC(C)(C)OOC(C)(C)CC1CC1(C)OOC(C)(C)C. The first-order valence-electron chi connectivity index (χ1n) is 11.0. The van der Waals surface area contributed by atoms with Crippen molar-refractivity contribution in [3.8, 4) is 0 Å². The van der Waals surface area contributed by atoms with E-state index in [0.717, 1.165) is 12.8 Å². The van der Waals surface area contributed by atoms with E-state index in [1.807, 2.05) is 96.9 Å². The molecule has 0 aromatic heterocycles. The van der Waals surface area contributed by atoms with Crippen LogP contribution in [0.15, 0.2) is 0 Å². The van der Waals surface area contributed by atoms with Gasteiger partial charge in [0.25, 0.3) is 0 Å². The second kappa shape index (κ2) is 10.1. The van der Waals surface area contributed by atoms with Crippen molar-refractivity contribution in [2.75, 3.05) is 0 Å². The molecule has 0 amide bonds. The Hall–Kier alpha value is -0.240. The summed E-state index contributed by atoms with van der Waals surface area (Å²) in [4.78, 5) is 32.3. The molecule has 0 radical (unpaired) electrons. The molecule has 0 spiro atoms. The van der Waals surface area contributed by atoms with Crippen molar-refractivity contribution in [2.24, 2.45) is 5.92 Å². The molecule has 0 N–H and O–H groups in total. The van der Waals surface area contributed by atoms with Crippen molar-refractivity contribution in [1.82, 2.24) is 0 Å². The maximum atomic E-state index is 5.61. The molecule has 1 aliphatic rings. The summed E-state index contributed by atoms with van der Waals surface area (Å²) in [5.74, 6) is 0.434. The number of rotatable bonds is 7. The highest BCUT2D eigenvalue weighted by Gasteiger charge is 2.55. The van der Waals surface area contributed by atoms with Gasteiger partial charge in [0.2, 0.25) is 0 Å². The fourth-order valence-electron chi connectivity index (χ4n) is 2.16. The Labute approximate surface area is 186 Å². The highest BCUT2D eigenvalue weighted by atomic mass is 17.2. The van der Waals surface area contributed by atoms with Crippen LogP contribution in [0.1, 0.15) is 117 Å². The molecule has 182 valence electrons. The molecule has 0 heterocycles. The lowest BCUT2D eigenvalue weighted by molar-refractivity contribution is -0.402. The molecule has 6 nitrogen and oxygen atoms in total.